The van der Waals surface area contributed by atoms with Crippen molar-refractivity contribution in [1.82, 2.24) is 10.2 Å². The fraction of sp³-hybridized carbons (Fsp3) is 0.533. The molecule has 114 valence electrons. The van der Waals surface area contributed by atoms with Crippen molar-refractivity contribution in [3.05, 3.63) is 39.9 Å². The molecule has 0 spiro atoms. The van der Waals surface area contributed by atoms with Crippen molar-refractivity contribution in [2.75, 3.05) is 19.6 Å². The zero-order valence-corrected chi connectivity index (χ0v) is 12.2. The molecule has 1 aliphatic rings. The van der Waals surface area contributed by atoms with E-state index in [0.717, 1.165) is 37.9 Å². The molecule has 1 N–H and O–H groups in total. The zero-order chi connectivity index (χ0) is 15.2. The summed E-state index contributed by atoms with van der Waals surface area (Å²) in [4.78, 5) is 24.3. The first-order valence-electron chi connectivity index (χ1n) is 7.37. The second-order valence-electron chi connectivity index (χ2n) is 5.28. The van der Waals surface area contributed by atoms with Crippen LogP contribution in [0.25, 0.3) is 0 Å². The van der Waals surface area contributed by atoms with E-state index in [2.05, 4.69) is 5.32 Å². The average Bonchev–Trinajstić information content (AvgIpc) is 3.02. The fourth-order valence-corrected chi connectivity index (χ4v) is 2.64. The summed E-state index contributed by atoms with van der Waals surface area (Å²) in [6.07, 6.45) is 2.93. The molecular formula is C15H21N3O3. The number of non-ortho nitro benzene ring substituents is 1. The summed E-state index contributed by atoms with van der Waals surface area (Å²) in [6.45, 7) is 3.96. The van der Waals surface area contributed by atoms with Gasteiger partial charge in [0.25, 0.3) is 5.69 Å². The largest absolute Gasteiger partial charge is 0.342 e. The van der Waals surface area contributed by atoms with Crippen molar-refractivity contribution in [2.24, 2.45) is 0 Å². The molecule has 1 fully saturated rings. The molecule has 0 aliphatic carbocycles. The predicted octanol–water partition coefficient (Wildman–Crippen LogP) is 2.26. The Bertz CT molecular complexity index is 513. The molecule has 1 saturated heterocycles. The standard InChI is InChI=1S/C15H21N3O3/c1-2-14(12-6-5-7-13(10-12)18(20)21)16-11-15(19)17-8-3-4-9-17/h5-7,10,14,16H,2-4,8-9,11H2,1H3. The predicted molar refractivity (Wildman–Crippen MR) is 79.9 cm³/mol. The number of carbonyl (C=O) groups excluding carboxylic acids is 1. The highest BCUT2D eigenvalue weighted by molar-refractivity contribution is 5.78. The number of nitrogens with zero attached hydrogens (tertiary/aromatic N) is 2. The minimum absolute atomic E-state index is 0.0450. The lowest BCUT2D eigenvalue weighted by Crippen LogP contribution is -2.37. The first kappa shape index (κ1) is 15.4. The highest BCUT2D eigenvalue weighted by Crippen LogP contribution is 2.21. The van der Waals surface area contributed by atoms with Gasteiger partial charge in [-0.2, -0.15) is 0 Å². The Kier molecular flexibility index (Phi) is 5.27. The van der Waals surface area contributed by atoms with Crippen LogP contribution in [-0.4, -0.2) is 35.4 Å². The Morgan fingerprint density at radius 1 is 1.43 bits per heavy atom. The lowest BCUT2D eigenvalue weighted by Gasteiger charge is -2.20. The highest BCUT2D eigenvalue weighted by atomic mass is 16.6. The van der Waals surface area contributed by atoms with Crippen LogP contribution < -0.4 is 5.32 Å². The molecule has 0 aromatic heterocycles. The number of nitrogens with one attached hydrogen (secondary N) is 1. The van der Waals surface area contributed by atoms with Crippen molar-refractivity contribution < 1.29 is 9.72 Å². The van der Waals surface area contributed by atoms with Crippen LogP contribution in [0.15, 0.2) is 24.3 Å². The molecule has 2 rings (SSSR count). The molecular weight excluding hydrogens is 270 g/mol. The number of nitro benzene ring substituents is 1. The normalized spacial score (nSPS) is 16.0. The van der Waals surface area contributed by atoms with Crippen LogP contribution in [0, 0.1) is 10.1 Å². The molecule has 1 amide bonds. The monoisotopic (exact) mass is 291 g/mol. The first-order chi connectivity index (χ1) is 10.1. The van der Waals surface area contributed by atoms with Gasteiger partial charge >= 0.3 is 0 Å². The van der Waals surface area contributed by atoms with Gasteiger partial charge in [0.2, 0.25) is 5.91 Å². The van der Waals surface area contributed by atoms with E-state index in [-0.39, 0.29) is 24.2 Å². The molecule has 6 nitrogen and oxygen atoms in total. The van der Waals surface area contributed by atoms with Crippen LogP contribution >= 0.6 is 0 Å². The van der Waals surface area contributed by atoms with Gasteiger partial charge in [-0.25, -0.2) is 0 Å². The van der Waals surface area contributed by atoms with Crippen LogP contribution in [0.4, 0.5) is 5.69 Å². The molecule has 0 saturated carbocycles. The topological polar surface area (TPSA) is 75.5 Å². The molecule has 1 aliphatic heterocycles. The van der Waals surface area contributed by atoms with Crippen LogP contribution in [0.2, 0.25) is 0 Å². The van der Waals surface area contributed by atoms with E-state index >= 15 is 0 Å². The lowest BCUT2D eigenvalue weighted by atomic mass is 10.0. The highest BCUT2D eigenvalue weighted by Gasteiger charge is 2.19. The molecule has 0 bridgehead atoms. The Balaban J connectivity index is 1.97. The van der Waals surface area contributed by atoms with Crippen molar-refractivity contribution in [2.45, 2.75) is 32.2 Å². The maximum absolute atomic E-state index is 12.0. The molecule has 6 heteroatoms. The van der Waals surface area contributed by atoms with E-state index in [0.29, 0.717) is 0 Å². The minimum atomic E-state index is -0.397. The van der Waals surface area contributed by atoms with Gasteiger partial charge in [0, 0.05) is 31.3 Å². The maximum atomic E-state index is 12.0. The minimum Gasteiger partial charge on any atom is -0.342 e. The number of benzene rings is 1. The van der Waals surface area contributed by atoms with Gasteiger partial charge in [-0.1, -0.05) is 19.1 Å². The van der Waals surface area contributed by atoms with E-state index in [1.807, 2.05) is 17.9 Å². The van der Waals surface area contributed by atoms with Crippen LogP contribution in [0.3, 0.4) is 0 Å². The molecule has 21 heavy (non-hydrogen) atoms. The lowest BCUT2D eigenvalue weighted by molar-refractivity contribution is -0.384. The number of carbonyl (C=O) groups is 1. The van der Waals surface area contributed by atoms with Gasteiger partial charge in [-0.15, -0.1) is 0 Å². The van der Waals surface area contributed by atoms with Crippen LogP contribution in [0.1, 0.15) is 37.8 Å². The van der Waals surface area contributed by atoms with Crippen LogP contribution in [-0.2, 0) is 4.79 Å². The summed E-state index contributed by atoms with van der Waals surface area (Å²) in [6, 6.07) is 6.54. The molecule has 1 heterocycles. The van der Waals surface area contributed by atoms with Crippen molar-refractivity contribution in [1.29, 1.82) is 0 Å². The van der Waals surface area contributed by atoms with E-state index < -0.39 is 4.92 Å². The Morgan fingerprint density at radius 3 is 2.76 bits per heavy atom. The van der Waals surface area contributed by atoms with Crippen molar-refractivity contribution in [3.63, 3.8) is 0 Å². The summed E-state index contributed by atoms with van der Waals surface area (Å²) in [5.41, 5.74) is 0.930. The summed E-state index contributed by atoms with van der Waals surface area (Å²) in [7, 11) is 0. The van der Waals surface area contributed by atoms with Gasteiger partial charge in [0.15, 0.2) is 0 Å². The molecule has 1 aromatic rings. The van der Waals surface area contributed by atoms with Crippen molar-refractivity contribution in [3.8, 4) is 0 Å². The third-order valence-corrected chi connectivity index (χ3v) is 3.85. The van der Waals surface area contributed by atoms with E-state index in [9.17, 15) is 14.9 Å². The molecule has 1 unspecified atom stereocenters. The average molecular weight is 291 g/mol. The second-order valence-corrected chi connectivity index (χ2v) is 5.28. The number of rotatable bonds is 6. The van der Waals surface area contributed by atoms with Gasteiger partial charge in [-0.3, -0.25) is 14.9 Å². The first-order valence-corrected chi connectivity index (χ1v) is 7.37. The maximum Gasteiger partial charge on any atom is 0.269 e. The quantitative estimate of drug-likeness (QED) is 0.644. The summed E-state index contributed by atoms with van der Waals surface area (Å²) >= 11 is 0. The third-order valence-electron chi connectivity index (χ3n) is 3.85. The molecule has 1 atom stereocenters. The van der Waals surface area contributed by atoms with E-state index in [1.54, 1.807) is 12.1 Å². The Labute approximate surface area is 124 Å². The van der Waals surface area contributed by atoms with E-state index in [4.69, 9.17) is 0 Å². The zero-order valence-electron chi connectivity index (χ0n) is 12.2. The number of nitro groups is 1. The molecule has 1 aromatic carbocycles. The van der Waals surface area contributed by atoms with Gasteiger partial charge < -0.3 is 10.2 Å². The van der Waals surface area contributed by atoms with Gasteiger partial charge in [-0.05, 0) is 24.8 Å². The second kappa shape index (κ2) is 7.17. The van der Waals surface area contributed by atoms with Gasteiger partial charge in [0.1, 0.15) is 0 Å². The Morgan fingerprint density at radius 2 is 2.14 bits per heavy atom. The smallest absolute Gasteiger partial charge is 0.269 e. The summed E-state index contributed by atoms with van der Waals surface area (Å²) < 4.78 is 0. The van der Waals surface area contributed by atoms with Gasteiger partial charge in [0.05, 0.1) is 11.5 Å². The number of amides is 1. The molecule has 0 radical (unpaired) electrons. The van der Waals surface area contributed by atoms with Crippen LogP contribution in [0.5, 0.6) is 0 Å². The number of likely N-dealkylation sites (tertiary alicyclic amines) is 1. The van der Waals surface area contributed by atoms with E-state index in [1.165, 1.54) is 6.07 Å². The number of hydrogen-bond donors (Lipinski definition) is 1. The SMILES string of the molecule is CCC(NCC(=O)N1CCCC1)c1cccc([N+](=O)[O-])c1. The summed E-state index contributed by atoms with van der Waals surface area (Å²) in [5, 5.41) is 14.0. The number of hydrogen-bond acceptors (Lipinski definition) is 4. The Hall–Kier alpha value is -1.95. The third kappa shape index (κ3) is 4.01. The summed E-state index contributed by atoms with van der Waals surface area (Å²) in [5.74, 6) is 0.108. The van der Waals surface area contributed by atoms with Crippen molar-refractivity contribution >= 4 is 11.6 Å². The fourth-order valence-electron chi connectivity index (χ4n) is 2.64.